The van der Waals surface area contributed by atoms with Crippen molar-refractivity contribution in [3.63, 3.8) is 0 Å². The molecule has 13 nitrogen and oxygen atoms in total. The molecule has 48 heavy (non-hydrogen) atoms. The number of rotatable bonds is 18. The number of carbonyl (C=O) groups excluding carboxylic acids is 2. The van der Waals surface area contributed by atoms with Gasteiger partial charge in [-0.15, -0.1) is 0 Å². The van der Waals surface area contributed by atoms with Gasteiger partial charge >= 0.3 is 5.97 Å². The molecule has 15 heteroatoms. The Balaban J connectivity index is 1.59. The highest BCUT2D eigenvalue weighted by Gasteiger charge is 2.49. The van der Waals surface area contributed by atoms with Gasteiger partial charge in [-0.05, 0) is 49.4 Å². The topological polar surface area (TPSA) is 221 Å². The van der Waals surface area contributed by atoms with Gasteiger partial charge in [0, 0.05) is 36.1 Å². The zero-order valence-electron chi connectivity index (χ0n) is 27.1. The van der Waals surface area contributed by atoms with Crippen molar-refractivity contribution in [2.24, 2.45) is 11.1 Å². The van der Waals surface area contributed by atoms with E-state index in [-0.39, 0.29) is 32.1 Å². The lowest BCUT2D eigenvalue weighted by molar-refractivity contribution is -0.143. The summed E-state index contributed by atoms with van der Waals surface area (Å²) in [5.74, 6) is -3.97. The summed E-state index contributed by atoms with van der Waals surface area (Å²) in [6.07, 6.45) is 4.98. The number of para-hydroxylation sites is 1. The van der Waals surface area contributed by atoms with Crippen molar-refractivity contribution in [1.29, 1.82) is 0 Å². The molecule has 0 saturated heterocycles. The molecular weight excluding hydrogens is 657 g/mol. The standard InChI is InChI=1S/C33H46N5O8PS/c1-48(45,46)38-27(15-7-10-18-34)30(39)37-29(19-23-11-3-2-4-12-23)47(43,44)22-33(16-8-9-17-33)32(42)36-28(31(40)41)20-24-21-35-26-14-6-5-13-25(24)26/h2-6,11-14,21,27-29,35,38H,7-10,15-20,22,34H2,1H3,(H,36,42)(H,37,39)(H,40,41)(H,43,44)/t27-,28+,29+/m1/s1. The summed E-state index contributed by atoms with van der Waals surface area (Å²) < 4.78 is 40.9. The van der Waals surface area contributed by atoms with Crippen LogP contribution in [0.5, 0.6) is 0 Å². The Hall–Kier alpha value is -3.55. The second-order valence-corrected chi connectivity index (χ2v) is 17.0. The maximum absolute atomic E-state index is 14.4. The molecule has 1 aliphatic carbocycles. The molecule has 2 amide bonds. The molecule has 8 N–H and O–H groups in total. The first-order valence-electron chi connectivity index (χ1n) is 16.1. The van der Waals surface area contributed by atoms with Crippen LogP contribution in [-0.4, -0.2) is 78.0 Å². The van der Waals surface area contributed by atoms with E-state index in [1.807, 2.05) is 24.3 Å². The van der Waals surface area contributed by atoms with Crippen LogP contribution in [0.15, 0.2) is 60.8 Å². The molecule has 1 aromatic heterocycles. The molecule has 0 bridgehead atoms. The minimum absolute atomic E-state index is 0.00350. The lowest BCUT2D eigenvalue weighted by Gasteiger charge is -2.34. The van der Waals surface area contributed by atoms with Gasteiger partial charge in [0.1, 0.15) is 17.9 Å². The van der Waals surface area contributed by atoms with Gasteiger partial charge in [-0.25, -0.2) is 17.9 Å². The second-order valence-electron chi connectivity index (χ2n) is 12.8. The summed E-state index contributed by atoms with van der Waals surface area (Å²) in [4.78, 5) is 54.7. The number of carboxylic acids is 1. The summed E-state index contributed by atoms with van der Waals surface area (Å²) >= 11 is 0. The van der Waals surface area contributed by atoms with Crippen LogP contribution in [0.2, 0.25) is 0 Å². The largest absolute Gasteiger partial charge is 0.480 e. The minimum atomic E-state index is -4.41. The second kappa shape index (κ2) is 16.2. The third-order valence-corrected chi connectivity index (χ3v) is 12.0. The van der Waals surface area contributed by atoms with E-state index in [0.717, 1.165) is 17.2 Å². The van der Waals surface area contributed by atoms with Crippen molar-refractivity contribution in [3.05, 3.63) is 71.9 Å². The SMILES string of the molecule is CS(=O)(=O)N[C@H](CCCCN)C(=O)N[C@H](Cc1ccccc1)P(=O)(O)CC1(C(=O)N[C@@H](Cc2c[nH]c3ccccc23)C(=O)O)CCCC1. The maximum Gasteiger partial charge on any atom is 0.326 e. The number of aromatic amines is 1. The van der Waals surface area contributed by atoms with Crippen LogP contribution in [0.4, 0.5) is 0 Å². The number of aliphatic carboxylic acids is 1. The van der Waals surface area contributed by atoms with Crippen molar-refractivity contribution in [3.8, 4) is 0 Å². The highest BCUT2D eigenvalue weighted by Crippen LogP contribution is 2.55. The summed E-state index contributed by atoms with van der Waals surface area (Å²) in [5, 5.41) is 16.2. The van der Waals surface area contributed by atoms with E-state index in [1.165, 1.54) is 0 Å². The third-order valence-electron chi connectivity index (χ3n) is 8.96. The molecule has 0 spiro atoms. The molecule has 4 rings (SSSR count). The van der Waals surface area contributed by atoms with Gasteiger partial charge < -0.3 is 31.4 Å². The Kier molecular flexibility index (Phi) is 12.6. The van der Waals surface area contributed by atoms with Crippen LogP contribution in [0, 0.1) is 5.41 Å². The molecule has 1 saturated carbocycles. The number of unbranched alkanes of at least 4 members (excludes halogenated alkanes) is 1. The molecular formula is C33H46N5O8PS. The Morgan fingerprint density at radius 2 is 1.65 bits per heavy atom. The number of nitrogens with two attached hydrogens (primary N) is 1. The number of carbonyl (C=O) groups is 3. The highest BCUT2D eigenvalue weighted by molar-refractivity contribution is 7.88. The Morgan fingerprint density at radius 3 is 2.29 bits per heavy atom. The molecule has 0 radical (unpaired) electrons. The number of nitrogens with one attached hydrogen (secondary N) is 4. The maximum atomic E-state index is 14.4. The van der Waals surface area contributed by atoms with Crippen LogP contribution in [0.1, 0.15) is 56.1 Å². The fraction of sp³-hybridized carbons (Fsp3) is 0.485. The number of fused-ring (bicyclic) bond motifs is 1. The molecule has 1 fully saturated rings. The van der Waals surface area contributed by atoms with Crippen molar-refractivity contribution in [1.82, 2.24) is 20.3 Å². The summed E-state index contributed by atoms with van der Waals surface area (Å²) in [6, 6.07) is 13.7. The van der Waals surface area contributed by atoms with E-state index in [9.17, 15) is 37.4 Å². The van der Waals surface area contributed by atoms with Gasteiger partial charge in [-0.2, -0.15) is 0 Å². The number of amides is 2. The normalized spacial score (nSPS) is 17.6. The van der Waals surface area contributed by atoms with Crippen LogP contribution in [0.25, 0.3) is 10.9 Å². The molecule has 1 heterocycles. The quantitative estimate of drug-likeness (QED) is 0.0764. The predicted molar refractivity (Wildman–Crippen MR) is 184 cm³/mol. The van der Waals surface area contributed by atoms with Gasteiger partial charge in [-0.1, -0.05) is 67.8 Å². The smallest absolute Gasteiger partial charge is 0.326 e. The van der Waals surface area contributed by atoms with E-state index in [1.54, 1.807) is 36.5 Å². The highest BCUT2D eigenvalue weighted by atomic mass is 32.2. The van der Waals surface area contributed by atoms with Crippen LogP contribution in [-0.2, 0) is 41.8 Å². The fourth-order valence-electron chi connectivity index (χ4n) is 6.48. The average molecular weight is 704 g/mol. The number of benzene rings is 2. The molecule has 1 aliphatic rings. The zero-order chi connectivity index (χ0) is 35.0. The number of hydrogen-bond acceptors (Lipinski definition) is 7. The Morgan fingerprint density at radius 1 is 0.979 bits per heavy atom. The lowest BCUT2D eigenvalue weighted by atomic mass is 9.87. The number of hydrogen-bond donors (Lipinski definition) is 7. The number of carboxylic acid groups (broad SMARTS) is 1. The summed E-state index contributed by atoms with van der Waals surface area (Å²) in [6.45, 7) is 0.352. The molecule has 2 aromatic carbocycles. The monoisotopic (exact) mass is 703 g/mol. The number of H-pyrrole nitrogens is 1. The van der Waals surface area contributed by atoms with Crippen molar-refractivity contribution in [2.75, 3.05) is 19.0 Å². The Bertz CT molecular complexity index is 1730. The van der Waals surface area contributed by atoms with E-state index < -0.39 is 64.6 Å². The molecule has 262 valence electrons. The first kappa shape index (κ1) is 37.3. The van der Waals surface area contributed by atoms with Gasteiger partial charge in [0.25, 0.3) is 0 Å². The van der Waals surface area contributed by atoms with Gasteiger partial charge in [0.2, 0.25) is 29.2 Å². The van der Waals surface area contributed by atoms with Gasteiger partial charge in [0.05, 0.1) is 11.7 Å². The van der Waals surface area contributed by atoms with Crippen molar-refractivity contribution < 1.29 is 37.4 Å². The zero-order valence-corrected chi connectivity index (χ0v) is 28.8. The van der Waals surface area contributed by atoms with Crippen molar-refractivity contribution in [2.45, 2.75) is 75.7 Å². The van der Waals surface area contributed by atoms with Crippen molar-refractivity contribution >= 4 is 46.1 Å². The van der Waals surface area contributed by atoms with Crippen LogP contribution in [0.3, 0.4) is 0 Å². The van der Waals surface area contributed by atoms with Crippen LogP contribution < -0.4 is 21.1 Å². The molecule has 4 atom stereocenters. The van der Waals surface area contributed by atoms with E-state index in [4.69, 9.17) is 5.73 Å². The van der Waals surface area contributed by atoms with Gasteiger partial charge in [-0.3, -0.25) is 14.2 Å². The average Bonchev–Trinajstić information content (AvgIpc) is 3.67. The predicted octanol–water partition coefficient (Wildman–Crippen LogP) is 2.84. The van der Waals surface area contributed by atoms with Crippen LogP contribution >= 0.6 is 7.37 Å². The molecule has 1 unspecified atom stereocenters. The summed E-state index contributed by atoms with van der Waals surface area (Å²) in [7, 11) is -8.21. The lowest BCUT2D eigenvalue weighted by Crippen LogP contribution is -2.52. The van der Waals surface area contributed by atoms with E-state index in [0.29, 0.717) is 43.4 Å². The van der Waals surface area contributed by atoms with E-state index >= 15 is 0 Å². The van der Waals surface area contributed by atoms with Gasteiger partial charge in [0.15, 0.2) is 0 Å². The molecule has 0 aliphatic heterocycles. The minimum Gasteiger partial charge on any atom is -0.480 e. The number of aromatic nitrogens is 1. The summed E-state index contributed by atoms with van der Waals surface area (Å²) in [5.41, 5.74) is 6.43. The third kappa shape index (κ3) is 9.99. The molecule has 3 aromatic rings. The first-order valence-corrected chi connectivity index (χ1v) is 20.0. The number of sulfonamides is 1. The van der Waals surface area contributed by atoms with E-state index in [2.05, 4.69) is 20.3 Å². The first-order chi connectivity index (χ1) is 22.7. The fourth-order valence-corrected chi connectivity index (χ4v) is 9.59. The Labute approximate surface area is 281 Å².